The Balaban J connectivity index is 2.00. The van der Waals surface area contributed by atoms with Crippen LogP contribution in [0, 0.1) is 0 Å². The van der Waals surface area contributed by atoms with Gasteiger partial charge in [-0.2, -0.15) is 4.72 Å². The molecule has 3 N–H and O–H groups in total. The molecule has 0 fully saturated rings. The highest BCUT2D eigenvalue weighted by molar-refractivity contribution is 9.11. The van der Waals surface area contributed by atoms with Gasteiger partial charge in [0.2, 0.25) is 10.0 Å². The number of sulfonamides is 1. The maximum Gasteiger partial charge on any atom is 0.322 e. The lowest BCUT2D eigenvalue weighted by Crippen LogP contribution is -2.42. The van der Waals surface area contributed by atoms with E-state index in [1.807, 2.05) is 31.1 Å². The number of carbonyl (C=O) groups is 1. The number of halogens is 2. The van der Waals surface area contributed by atoms with Crippen molar-refractivity contribution in [3.05, 3.63) is 63.0 Å². The second-order valence-electron chi connectivity index (χ2n) is 7.15. The summed E-state index contributed by atoms with van der Waals surface area (Å²) >= 11 is 6.39. The first-order valence-corrected chi connectivity index (χ1v) is 12.2. The Morgan fingerprint density at radius 3 is 2.23 bits per heavy atom. The van der Waals surface area contributed by atoms with E-state index in [0.29, 0.717) is 19.9 Å². The van der Waals surface area contributed by atoms with Crippen LogP contribution in [0.4, 0.5) is 5.69 Å². The van der Waals surface area contributed by atoms with Crippen LogP contribution in [0.5, 0.6) is 5.75 Å². The van der Waals surface area contributed by atoms with Crippen molar-refractivity contribution in [2.45, 2.75) is 17.4 Å². The van der Waals surface area contributed by atoms with Crippen LogP contribution >= 0.6 is 31.9 Å². The van der Waals surface area contributed by atoms with E-state index in [9.17, 15) is 23.4 Å². The van der Waals surface area contributed by atoms with Crippen LogP contribution in [0.2, 0.25) is 0 Å². The molecule has 1 atom stereocenters. The summed E-state index contributed by atoms with van der Waals surface area (Å²) in [6, 6.07) is 11.9. The summed E-state index contributed by atoms with van der Waals surface area (Å²) in [6.45, 7) is 0. The van der Waals surface area contributed by atoms with Crippen LogP contribution in [0.25, 0.3) is 10.8 Å². The summed E-state index contributed by atoms with van der Waals surface area (Å²) in [5.74, 6) is -1.33. The molecule has 3 aromatic rings. The van der Waals surface area contributed by atoms with Crippen LogP contribution < -0.4 is 9.62 Å². The standard InChI is InChI=1S/C21H20Br2N2O5S/c1-25(2)18-7-3-6-14-13(18)5-4-8-19(14)31(29,30)24-17(21(27)28)11-12-9-15(22)20(26)16(23)10-12/h3-10,17,24,26H,11H2,1-2H3,(H,27,28). The van der Waals surface area contributed by atoms with Gasteiger partial charge in [-0.1, -0.05) is 24.3 Å². The first-order valence-electron chi connectivity index (χ1n) is 9.12. The van der Waals surface area contributed by atoms with Crippen molar-refractivity contribution in [1.29, 1.82) is 0 Å². The molecular formula is C21H20Br2N2O5S. The molecular weight excluding hydrogens is 552 g/mol. The lowest BCUT2D eigenvalue weighted by atomic mass is 10.1. The van der Waals surface area contributed by atoms with E-state index in [-0.39, 0.29) is 17.1 Å². The fraction of sp³-hybridized carbons (Fsp3) is 0.190. The third-order valence-electron chi connectivity index (χ3n) is 4.74. The van der Waals surface area contributed by atoms with Gasteiger partial charge in [0.15, 0.2) is 0 Å². The highest BCUT2D eigenvalue weighted by atomic mass is 79.9. The number of carboxylic acids is 1. The highest BCUT2D eigenvalue weighted by Gasteiger charge is 2.27. The Morgan fingerprint density at radius 1 is 1.06 bits per heavy atom. The van der Waals surface area contributed by atoms with Gasteiger partial charge >= 0.3 is 5.97 Å². The van der Waals surface area contributed by atoms with Gasteiger partial charge in [0.1, 0.15) is 11.8 Å². The van der Waals surface area contributed by atoms with Crippen LogP contribution in [0.1, 0.15) is 5.56 Å². The lowest BCUT2D eigenvalue weighted by molar-refractivity contribution is -0.138. The SMILES string of the molecule is CN(C)c1cccc2c(S(=O)(=O)NC(Cc3cc(Br)c(O)c(Br)c3)C(=O)O)cccc12. The lowest BCUT2D eigenvalue weighted by Gasteiger charge is -2.19. The molecule has 0 saturated heterocycles. The van der Waals surface area contributed by atoms with Crippen LogP contribution in [0.3, 0.4) is 0 Å². The molecule has 3 rings (SSSR count). The number of hydrogen-bond acceptors (Lipinski definition) is 5. The second-order valence-corrected chi connectivity index (χ2v) is 10.5. The number of hydrogen-bond donors (Lipinski definition) is 3. The number of rotatable bonds is 7. The number of nitrogens with one attached hydrogen (secondary N) is 1. The molecule has 3 aromatic carbocycles. The first kappa shape index (κ1) is 23.5. The monoisotopic (exact) mass is 570 g/mol. The van der Waals surface area contributed by atoms with E-state index in [2.05, 4.69) is 36.6 Å². The highest BCUT2D eigenvalue weighted by Crippen LogP contribution is 2.34. The Kier molecular flexibility index (Phi) is 6.95. The molecule has 0 amide bonds. The van der Waals surface area contributed by atoms with Gasteiger partial charge in [-0.3, -0.25) is 4.79 Å². The summed E-state index contributed by atoms with van der Waals surface area (Å²) in [5.41, 5.74) is 1.38. The van der Waals surface area contributed by atoms with Crippen molar-refractivity contribution in [1.82, 2.24) is 4.72 Å². The van der Waals surface area contributed by atoms with Crippen molar-refractivity contribution in [2.75, 3.05) is 19.0 Å². The molecule has 0 saturated carbocycles. The molecule has 0 aromatic heterocycles. The number of aromatic hydroxyl groups is 1. The third kappa shape index (κ3) is 5.03. The largest absolute Gasteiger partial charge is 0.506 e. The predicted molar refractivity (Wildman–Crippen MR) is 127 cm³/mol. The van der Waals surface area contributed by atoms with E-state index in [1.54, 1.807) is 30.3 Å². The third-order valence-corrected chi connectivity index (χ3v) is 7.48. The molecule has 1 unspecified atom stereocenters. The summed E-state index contributed by atoms with van der Waals surface area (Å²) in [5, 5.41) is 20.8. The van der Waals surface area contributed by atoms with Gasteiger partial charge in [0, 0.05) is 30.6 Å². The van der Waals surface area contributed by atoms with Crippen molar-refractivity contribution >= 4 is 64.3 Å². The Hall–Kier alpha value is -2.14. The Bertz CT molecular complexity index is 1240. The second kappa shape index (κ2) is 9.15. The topological polar surface area (TPSA) is 107 Å². The average molecular weight is 572 g/mol. The van der Waals surface area contributed by atoms with E-state index >= 15 is 0 Å². The van der Waals surface area contributed by atoms with Gasteiger partial charge in [0.25, 0.3) is 0 Å². The minimum absolute atomic E-state index is 0.00742. The smallest absolute Gasteiger partial charge is 0.322 e. The van der Waals surface area contributed by atoms with Gasteiger partial charge < -0.3 is 15.1 Å². The van der Waals surface area contributed by atoms with E-state index in [1.165, 1.54) is 6.07 Å². The van der Waals surface area contributed by atoms with E-state index < -0.39 is 22.0 Å². The van der Waals surface area contributed by atoms with Crippen LogP contribution in [0.15, 0.2) is 62.4 Å². The quantitative estimate of drug-likeness (QED) is 0.394. The van der Waals surface area contributed by atoms with Gasteiger partial charge in [0.05, 0.1) is 13.8 Å². The molecule has 7 nitrogen and oxygen atoms in total. The molecule has 0 bridgehead atoms. The van der Waals surface area contributed by atoms with Gasteiger partial charge in [-0.05, 0) is 68.1 Å². The predicted octanol–water partition coefficient (Wildman–Crippen LogP) is 4.11. The fourth-order valence-corrected chi connectivity index (χ4v) is 5.98. The molecule has 0 radical (unpaired) electrons. The summed E-state index contributed by atoms with van der Waals surface area (Å²) in [4.78, 5) is 13.7. The zero-order valence-corrected chi connectivity index (χ0v) is 20.6. The number of phenols is 1. The maximum absolute atomic E-state index is 13.2. The number of anilines is 1. The summed E-state index contributed by atoms with van der Waals surface area (Å²) in [7, 11) is -0.417. The molecule has 0 heterocycles. The maximum atomic E-state index is 13.2. The Morgan fingerprint density at radius 2 is 1.65 bits per heavy atom. The summed E-state index contributed by atoms with van der Waals surface area (Å²) < 4.78 is 29.4. The van der Waals surface area contributed by atoms with Crippen molar-refractivity contribution in [3.8, 4) is 5.75 Å². The minimum atomic E-state index is -4.14. The molecule has 0 spiro atoms. The molecule has 0 aliphatic heterocycles. The number of aliphatic carboxylic acids is 1. The molecule has 0 aliphatic carbocycles. The number of fused-ring (bicyclic) bond motifs is 1. The van der Waals surface area contributed by atoms with Crippen molar-refractivity contribution in [3.63, 3.8) is 0 Å². The number of benzene rings is 3. The number of nitrogens with zero attached hydrogens (tertiary/aromatic N) is 1. The first-order chi connectivity index (χ1) is 14.5. The zero-order valence-electron chi connectivity index (χ0n) is 16.6. The van der Waals surface area contributed by atoms with E-state index in [4.69, 9.17) is 0 Å². The minimum Gasteiger partial charge on any atom is -0.506 e. The number of carboxylic acid groups (broad SMARTS) is 1. The normalized spacial score (nSPS) is 12.6. The zero-order chi connectivity index (χ0) is 22.9. The van der Waals surface area contributed by atoms with Gasteiger partial charge in [-0.15, -0.1) is 0 Å². The van der Waals surface area contributed by atoms with Crippen LogP contribution in [-0.2, 0) is 21.2 Å². The average Bonchev–Trinajstić information content (AvgIpc) is 2.70. The molecule has 0 aliphatic rings. The molecule has 10 heteroatoms. The van der Waals surface area contributed by atoms with Crippen molar-refractivity contribution in [2.24, 2.45) is 0 Å². The number of phenolic OH excluding ortho intramolecular Hbond substituents is 1. The van der Waals surface area contributed by atoms with Crippen molar-refractivity contribution < 1.29 is 23.4 Å². The Labute approximate surface area is 197 Å². The molecule has 164 valence electrons. The fourth-order valence-electron chi connectivity index (χ4n) is 3.29. The molecule has 31 heavy (non-hydrogen) atoms. The van der Waals surface area contributed by atoms with Gasteiger partial charge in [-0.25, -0.2) is 8.42 Å². The van der Waals surface area contributed by atoms with Crippen LogP contribution in [-0.4, -0.2) is 44.7 Å². The summed E-state index contributed by atoms with van der Waals surface area (Å²) in [6.07, 6.45) is -0.111. The van der Waals surface area contributed by atoms with E-state index in [0.717, 1.165) is 11.1 Å².